The fourth-order valence-electron chi connectivity index (χ4n) is 4.16. The Morgan fingerprint density at radius 1 is 1.19 bits per heavy atom. The minimum atomic E-state index is 0.131. The van der Waals surface area contributed by atoms with Crippen molar-refractivity contribution < 1.29 is 14.3 Å². The Kier molecular flexibility index (Phi) is 5.14. The van der Waals surface area contributed by atoms with Gasteiger partial charge in [-0.1, -0.05) is 0 Å². The summed E-state index contributed by atoms with van der Waals surface area (Å²) in [5.74, 6) is 1.46. The number of nitrogens with zero attached hydrogens (tertiary/aromatic N) is 1. The standard InChI is InChI=1S/C16H28N2O3/c1-17-16(19)13-5-9-21-15-2-6-18(11-14(13)15)10-12-3-7-20-8-4-12/h12-15H,2-11H2,1H3,(H,17,19)/t13-,14+,15-/m1/s1. The highest BCUT2D eigenvalue weighted by molar-refractivity contribution is 5.78. The molecule has 3 aliphatic heterocycles. The zero-order valence-electron chi connectivity index (χ0n) is 13.1. The molecule has 0 aromatic heterocycles. The zero-order valence-corrected chi connectivity index (χ0v) is 13.1. The normalized spacial score (nSPS) is 35.2. The van der Waals surface area contributed by atoms with Crippen LogP contribution in [-0.2, 0) is 14.3 Å². The molecular formula is C16H28N2O3. The van der Waals surface area contributed by atoms with Crippen LogP contribution in [0.2, 0.25) is 0 Å². The molecule has 0 bridgehead atoms. The maximum Gasteiger partial charge on any atom is 0.223 e. The van der Waals surface area contributed by atoms with Gasteiger partial charge in [0.15, 0.2) is 0 Å². The van der Waals surface area contributed by atoms with Gasteiger partial charge in [0, 0.05) is 58.3 Å². The summed E-state index contributed by atoms with van der Waals surface area (Å²) < 4.78 is 11.4. The van der Waals surface area contributed by atoms with Gasteiger partial charge in [0.25, 0.3) is 0 Å². The highest BCUT2D eigenvalue weighted by Crippen LogP contribution is 2.34. The molecule has 21 heavy (non-hydrogen) atoms. The zero-order chi connectivity index (χ0) is 14.7. The molecule has 1 N–H and O–H groups in total. The number of hydrogen-bond acceptors (Lipinski definition) is 4. The van der Waals surface area contributed by atoms with E-state index in [9.17, 15) is 4.79 Å². The average Bonchev–Trinajstić information content (AvgIpc) is 2.54. The number of piperidine rings is 1. The smallest absolute Gasteiger partial charge is 0.223 e. The van der Waals surface area contributed by atoms with Gasteiger partial charge >= 0.3 is 0 Å². The first-order valence-corrected chi connectivity index (χ1v) is 8.41. The fraction of sp³-hybridized carbons (Fsp3) is 0.938. The van der Waals surface area contributed by atoms with Crippen LogP contribution in [0.5, 0.6) is 0 Å². The highest BCUT2D eigenvalue weighted by Gasteiger charge is 2.41. The molecule has 0 aliphatic carbocycles. The number of likely N-dealkylation sites (tertiary alicyclic amines) is 1. The van der Waals surface area contributed by atoms with Crippen LogP contribution in [0.1, 0.15) is 25.7 Å². The summed E-state index contributed by atoms with van der Waals surface area (Å²) in [5.41, 5.74) is 0. The molecule has 0 aromatic rings. The predicted octanol–water partition coefficient (Wildman–Crippen LogP) is 0.886. The summed E-state index contributed by atoms with van der Waals surface area (Å²) in [6.45, 7) is 5.84. The molecule has 3 saturated heterocycles. The first-order valence-electron chi connectivity index (χ1n) is 8.41. The van der Waals surface area contributed by atoms with Gasteiger partial charge in [0.1, 0.15) is 0 Å². The number of carbonyl (C=O) groups excluding carboxylic acids is 1. The molecule has 0 radical (unpaired) electrons. The van der Waals surface area contributed by atoms with Crippen molar-refractivity contribution in [2.45, 2.75) is 31.8 Å². The predicted molar refractivity (Wildman–Crippen MR) is 80.0 cm³/mol. The molecule has 5 heteroatoms. The number of amides is 1. The Bertz CT molecular complexity index is 357. The van der Waals surface area contributed by atoms with Gasteiger partial charge in [-0.25, -0.2) is 0 Å². The van der Waals surface area contributed by atoms with E-state index in [2.05, 4.69) is 10.2 Å². The van der Waals surface area contributed by atoms with Gasteiger partial charge in [-0.15, -0.1) is 0 Å². The van der Waals surface area contributed by atoms with Crippen molar-refractivity contribution in [1.29, 1.82) is 0 Å². The van der Waals surface area contributed by atoms with Crippen molar-refractivity contribution >= 4 is 5.91 Å². The minimum absolute atomic E-state index is 0.131. The summed E-state index contributed by atoms with van der Waals surface area (Å²) in [5, 5.41) is 2.83. The van der Waals surface area contributed by atoms with Crippen molar-refractivity contribution in [3.63, 3.8) is 0 Å². The number of fused-ring (bicyclic) bond motifs is 1. The summed E-state index contributed by atoms with van der Waals surface area (Å²) in [6.07, 6.45) is 4.58. The first-order chi connectivity index (χ1) is 10.3. The van der Waals surface area contributed by atoms with Gasteiger partial charge in [0.05, 0.1) is 6.10 Å². The van der Waals surface area contributed by atoms with Crippen LogP contribution in [0.3, 0.4) is 0 Å². The van der Waals surface area contributed by atoms with Crippen LogP contribution in [0.4, 0.5) is 0 Å². The number of hydrogen-bond donors (Lipinski definition) is 1. The topological polar surface area (TPSA) is 50.8 Å². The van der Waals surface area contributed by atoms with E-state index >= 15 is 0 Å². The number of carbonyl (C=O) groups is 1. The average molecular weight is 296 g/mol. The van der Waals surface area contributed by atoms with Crippen molar-refractivity contribution in [2.24, 2.45) is 17.8 Å². The monoisotopic (exact) mass is 296 g/mol. The molecule has 0 spiro atoms. The molecule has 3 aliphatic rings. The van der Waals surface area contributed by atoms with Crippen LogP contribution in [-0.4, -0.2) is 63.4 Å². The molecule has 120 valence electrons. The van der Waals surface area contributed by atoms with E-state index in [0.717, 1.165) is 58.2 Å². The van der Waals surface area contributed by atoms with E-state index in [1.54, 1.807) is 7.05 Å². The van der Waals surface area contributed by atoms with E-state index in [4.69, 9.17) is 9.47 Å². The Labute approximate surface area is 127 Å². The van der Waals surface area contributed by atoms with E-state index in [-0.39, 0.29) is 17.9 Å². The first kappa shape index (κ1) is 15.3. The Morgan fingerprint density at radius 2 is 2.00 bits per heavy atom. The maximum atomic E-state index is 12.1. The number of ether oxygens (including phenoxy) is 2. The van der Waals surface area contributed by atoms with Gasteiger partial charge in [0.2, 0.25) is 5.91 Å². The van der Waals surface area contributed by atoms with Crippen LogP contribution in [0, 0.1) is 17.8 Å². The Morgan fingerprint density at radius 3 is 2.76 bits per heavy atom. The number of nitrogens with one attached hydrogen (secondary N) is 1. The Balaban J connectivity index is 1.58. The van der Waals surface area contributed by atoms with E-state index in [1.165, 1.54) is 12.8 Å². The van der Waals surface area contributed by atoms with E-state index in [1.807, 2.05) is 0 Å². The summed E-state index contributed by atoms with van der Waals surface area (Å²) >= 11 is 0. The lowest BCUT2D eigenvalue weighted by molar-refractivity contribution is -0.141. The second-order valence-electron chi connectivity index (χ2n) is 6.69. The van der Waals surface area contributed by atoms with Crippen molar-refractivity contribution in [3.05, 3.63) is 0 Å². The second kappa shape index (κ2) is 7.07. The van der Waals surface area contributed by atoms with Crippen molar-refractivity contribution in [2.75, 3.05) is 46.5 Å². The van der Waals surface area contributed by atoms with Crippen LogP contribution >= 0.6 is 0 Å². The lowest BCUT2D eigenvalue weighted by atomic mass is 9.78. The third kappa shape index (κ3) is 3.58. The minimum Gasteiger partial charge on any atom is -0.381 e. The SMILES string of the molecule is CNC(=O)[C@@H]1CCO[C@@H]2CCN(CC3CCOCC3)C[C@H]21. The van der Waals surface area contributed by atoms with Crippen LogP contribution in [0.15, 0.2) is 0 Å². The molecular weight excluding hydrogens is 268 g/mol. The van der Waals surface area contributed by atoms with E-state index in [0.29, 0.717) is 5.92 Å². The van der Waals surface area contributed by atoms with Crippen molar-refractivity contribution in [1.82, 2.24) is 10.2 Å². The lowest BCUT2D eigenvalue weighted by Crippen LogP contribution is -2.53. The molecule has 3 rings (SSSR count). The van der Waals surface area contributed by atoms with Crippen molar-refractivity contribution in [3.8, 4) is 0 Å². The summed E-state index contributed by atoms with van der Waals surface area (Å²) in [6, 6.07) is 0. The molecule has 0 saturated carbocycles. The quantitative estimate of drug-likeness (QED) is 0.840. The summed E-state index contributed by atoms with van der Waals surface area (Å²) in [7, 11) is 1.75. The third-order valence-corrected chi connectivity index (χ3v) is 5.39. The van der Waals surface area contributed by atoms with Crippen LogP contribution in [0.25, 0.3) is 0 Å². The second-order valence-corrected chi connectivity index (χ2v) is 6.69. The maximum absolute atomic E-state index is 12.1. The molecule has 3 fully saturated rings. The van der Waals surface area contributed by atoms with E-state index < -0.39 is 0 Å². The fourth-order valence-corrected chi connectivity index (χ4v) is 4.16. The molecule has 3 heterocycles. The Hall–Kier alpha value is -0.650. The largest absolute Gasteiger partial charge is 0.381 e. The molecule has 3 atom stereocenters. The molecule has 1 amide bonds. The molecule has 0 aromatic carbocycles. The van der Waals surface area contributed by atoms with Gasteiger partial charge < -0.3 is 19.7 Å². The lowest BCUT2D eigenvalue weighted by Gasteiger charge is -2.45. The van der Waals surface area contributed by atoms with Crippen LogP contribution < -0.4 is 5.32 Å². The van der Waals surface area contributed by atoms with Gasteiger partial charge in [-0.05, 0) is 31.6 Å². The third-order valence-electron chi connectivity index (χ3n) is 5.39. The summed E-state index contributed by atoms with van der Waals surface area (Å²) in [4.78, 5) is 14.7. The number of rotatable bonds is 3. The highest BCUT2D eigenvalue weighted by atomic mass is 16.5. The van der Waals surface area contributed by atoms with Gasteiger partial charge in [-0.2, -0.15) is 0 Å². The van der Waals surface area contributed by atoms with Gasteiger partial charge in [-0.3, -0.25) is 4.79 Å². The molecule has 5 nitrogen and oxygen atoms in total. The molecule has 0 unspecified atom stereocenters.